The minimum Gasteiger partial charge on any atom is -0.481 e. The Morgan fingerprint density at radius 3 is 2.58 bits per heavy atom. The molecule has 3 aromatic rings. The normalized spacial score (nSPS) is 15.7. The first-order chi connectivity index (χ1) is 15.8. The Labute approximate surface area is 187 Å². The van der Waals surface area contributed by atoms with Crippen LogP contribution in [0.2, 0.25) is 0 Å². The van der Waals surface area contributed by atoms with E-state index in [1.165, 1.54) is 5.69 Å². The minimum absolute atomic E-state index is 0.124. The summed E-state index contributed by atoms with van der Waals surface area (Å²) in [4.78, 5) is 19.8. The van der Waals surface area contributed by atoms with Crippen LogP contribution < -0.4 is 9.47 Å². The molecule has 12 heteroatoms. The molecule has 1 atom stereocenters. The third kappa shape index (κ3) is 6.65. The molecule has 1 unspecified atom stereocenters. The fourth-order valence-electron chi connectivity index (χ4n) is 3.29. The molecule has 0 bridgehead atoms. The molecule has 0 spiro atoms. The second-order valence-electron chi connectivity index (χ2n) is 7.04. The van der Waals surface area contributed by atoms with E-state index in [1.54, 1.807) is 19.5 Å². The van der Waals surface area contributed by atoms with Crippen LogP contribution in [-0.2, 0) is 17.9 Å². The van der Waals surface area contributed by atoms with Crippen molar-refractivity contribution >= 4 is 5.97 Å². The molecule has 3 aromatic heterocycles. The lowest BCUT2D eigenvalue weighted by Crippen LogP contribution is -2.39. The number of fused-ring (bicyclic) bond motifs is 1. The molecule has 176 valence electrons. The van der Waals surface area contributed by atoms with Crippen molar-refractivity contribution in [2.75, 3.05) is 20.3 Å². The van der Waals surface area contributed by atoms with E-state index in [-0.39, 0.29) is 6.04 Å². The number of ether oxygens (including phenoxy) is 2. The molecule has 1 N–H and O–H groups in total. The van der Waals surface area contributed by atoms with Gasteiger partial charge in [-0.05, 0) is 18.2 Å². The van der Waals surface area contributed by atoms with Crippen LogP contribution in [0.5, 0.6) is 11.8 Å². The molecule has 0 aromatic carbocycles. The van der Waals surface area contributed by atoms with E-state index >= 15 is 0 Å². The number of carbonyl (C=O) groups is 1. The van der Waals surface area contributed by atoms with Crippen LogP contribution in [0.4, 0.5) is 13.2 Å². The number of alkyl halides is 3. The van der Waals surface area contributed by atoms with Gasteiger partial charge in [0, 0.05) is 49.9 Å². The summed E-state index contributed by atoms with van der Waals surface area (Å²) in [5, 5.41) is 11.6. The Hall–Kier alpha value is -3.67. The van der Waals surface area contributed by atoms with Crippen LogP contribution in [0, 0.1) is 0 Å². The van der Waals surface area contributed by atoms with Gasteiger partial charge >= 0.3 is 12.1 Å². The number of methoxy groups -OCH3 is 1. The standard InChI is InChI=1S/C19H21N5O2.C2HF3O2/c1-25-19-15(5-4-9-21-19)11-23-12-16-7-10-22-24(16)17(13-23)14-26-18-6-2-3-8-20-18;3-2(4,5)1(6)7/h2-10,17H,11-14H2,1H3;(H,6,7). The number of carboxylic acid groups (broad SMARTS) is 1. The van der Waals surface area contributed by atoms with E-state index in [2.05, 4.69) is 36.8 Å². The summed E-state index contributed by atoms with van der Waals surface area (Å²) < 4.78 is 45.1. The van der Waals surface area contributed by atoms with Crippen molar-refractivity contribution in [3.05, 3.63) is 66.2 Å². The number of rotatable bonds is 6. The zero-order chi connectivity index (χ0) is 23.8. The SMILES string of the molecule is COc1ncccc1CN1Cc2ccnn2C(COc2ccccn2)C1.O=C(O)C(F)(F)F. The van der Waals surface area contributed by atoms with Crippen molar-refractivity contribution in [3.63, 3.8) is 0 Å². The van der Waals surface area contributed by atoms with Gasteiger partial charge in [-0.15, -0.1) is 0 Å². The van der Waals surface area contributed by atoms with Crippen LogP contribution in [-0.4, -0.2) is 62.2 Å². The zero-order valence-corrected chi connectivity index (χ0v) is 17.6. The Bertz CT molecular complexity index is 1050. The van der Waals surface area contributed by atoms with Gasteiger partial charge in [-0.2, -0.15) is 18.3 Å². The lowest BCUT2D eigenvalue weighted by Gasteiger charge is -2.33. The molecule has 0 aliphatic carbocycles. The minimum atomic E-state index is -5.08. The van der Waals surface area contributed by atoms with Gasteiger partial charge in [0.15, 0.2) is 0 Å². The fourth-order valence-corrected chi connectivity index (χ4v) is 3.29. The maximum atomic E-state index is 10.6. The maximum Gasteiger partial charge on any atom is 0.490 e. The average molecular weight is 465 g/mol. The highest BCUT2D eigenvalue weighted by atomic mass is 19.4. The second-order valence-corrected chi connectivity index (χ2v) is 7.04. The van der Waals surface area contributed by atoms with Crippen LogP contribution in [0.15, 0.2) is 55.0 Å². The van der Waals surface area contributed by atoms with E-state index in [0.717, 1.165) is 25.2 Å². The summed E-state index contributed by atoms with van der Waals surface area (Å²) >= 11 is 0. The molecule has 4 heterocycles. The van der Waals surface area contributed by atoms with Gasteiger partial charge in [0.25, 0.3) is 0 Å². The number of carboxylic acids is 1. The number of aromatic nitrogens is 4. The van der Waals surface area contributed by atoms with Gasteiger partial charge in [0.2, 0.25) is 11.8 Å². The molecule has 33 heavy (non-hydrogen) atoms. The molecule has 0 radical (unpaired) electrons. The Balaban J connectivity index is 0.000000383. The van der Waals surface area contributed by atoms with Crippen LogP contribution in [0.3, 0.4) is 0 Å². The summed E-state index contributed by atoms with van der Waals surface area (Å²) in [6, 6.07) is 11.8. The van der Waals surface area contributed by atoms with Gasteiger partial charge in [-0.1, -0.05) is 12.1 Å². The predicted octanol–water partition coefficient (Wildman–Crippen LogP) is 2.95. The molecule has 9 nitrogen and oxygen atoms in total. The number of pyridine rings is 2. The highest BCUT2D eigenvalue weighted by Crippen LogP contribution is 2.25. The molecule has 0 saturated carbocycles. The third-order valence-corrected chi connectivity index (χ3v) is 4.69. The van der Waals surface area contributed by atoms with Crippen LogP contribution in [0.25, 0.3) is 0 Å². The monoisotopic (exact) mass is 465 g/mol. The van der Waals surface area contributed by atoms with Crippen molar-refractivity contribution in [3.8, 4) is 11.8 Å². The van der Waals surface area contributed by atoms with Crippen LogP contribution >= 0.6 is 0 Å². The molecule has 1 aliphatic rings. The van der Waals surface area contributed by atoms with Crippen molar-refractivity contribution in [1.29, 1.82) is 0 Å². The fraction of sp³-hybridized carbons (Fsp3) is 0.333. The molecule has 0 saturated heterocycles. The summed E-state index contributed by atoms with van der Waals surface area (Å²) in [6.07, 6.45) is 0.241. The summed E-state index contributed by atoms with van der Waals surface area (Å²) in [7, 11) is 1.65. The smallest absolute Gasteiger partial charge is 0.481 e. The first-order valence-corrected chi connectivity index (χ1v) is 9.84. The zero-order valence-electron chi connectivity index (χ0n) is 17.6. The Kier molecular flexibility index (Phi) is 7.83. The van der Waals surface area contributed by atoms with Gasteiger partial charge in [0.05, 0.1) is 18.8 Å². The molecule has 1 aliphatic heterocycles. The molecule has 0 amide bonds. The van der Waals surface area contributed by atoms with Crippen LogP contribution in [0.1, 0.15) is 17.3 Å². The molecule has 0 fully saturated rings. The number of nitrogens with zero attached hydrogens (tertiary/aromatic N) is 5. The largest absolute Gasteiger partial charge is 0.490 e. The second kappa shape index (κ2) is 10.8. The number of halogens is 3. The topological polar surface area (TPSA) is 103 Å². The van der Waals surface area contributed by atoms with Crippen molar-refractivity contribution in [2.24, 2.45) is 0 Å². The van der Waals surface area contributed by atoms with Gasteiger partial charge in [-0.3, -0.25) is 9.58 Å². The van der Waals surface area contributed by atoms with Gasteiger partial charge in [-0.25, -0.2) is 14.8 Å². The number of hydrogen-bond acceptors (Lipinski definition) is 7. The molecular weight excluding hydrogens is 443 g/mol. The van der Waals surface area contributed by atoms with E-state index in [0.29, 0.717) is 18.4 Å². The summed E-state index contributed by atoms with van der Waals surface area (Å²) in [6.45, 7) is 2.95. The van der Waals surface area contributed by atoms with Crippen molar-refractivity contribution < 1.29 is 32.5 Å². The first kappa shape index (κ1) is 24.0. The van der Waals surface area contributed by atoms with E-state index in [9.17, 15) is 13.2 Å². The van der Waals surface area contributed by atoms with E-state index in [4.69, 9.17) is 19.4 Å². The quantitative estimate of drug-likeness (QED) is 0.593. The molecule has 4 rings (SSSR count). The lowest BCUT2D eigenvalue weighted by molar-refractivity contribution is -0.192. The van der Waals surface area contributed by atoms with Gasteiger partial charge in [0.1, 0.15) is 6.61 Å². The van der Waals surface area contributed by atoms with Gasteiger partial charge < -0.3 is 14.6 Å². The highest BCUT2D eigenvalue weighted by Gasteiger charge is 2.38. The van der Waals surface area contributed by atoms with E-state index in [1.807, 2.05) is 30.5 Å². The predicted molar refractivity (Wildman–Crippen MR) is 110 cm³/mol. The summed E-state index contributed by atoms with van der Waals surface area (Å²) in [5.74, 6) is -1.45. The third-order valence-electron chi connectivity index (χ3n) is 4.69. The van der Waals surface area contributed by atoms with E-state index < -0.39 is 12.1 Å². The number of aliphatic carboxylic acids is 1. The lowest BCUT2D eigenvalue weighted by atomic mass is 10.1. The maximum absolute atomic E-state index is 10.6. The average Bonchev–Trinajstić information content (AvgIpc) is 3.27. The first-order valence-electron chi connectivity index (χ1n) is 9.84. The molecular formula is C21H22F3N5O4. The highest BCUT2D eigenvalue weighted by molar-refractivity contribution is 5.73. The summed E-state index contributed by atoms with van der Waals surface area (Å²) in [5.41, 5.74) is 2.25. The van der Waals surface area contributed by atoms with Crippen molar-refractivity contribution in [2.45, 2.75) is 25.3 Å². The van der Waals surface area contributed by atoms with Crippen molar-refractivity contribution in [1.82, 2.24) is 24.6 Å². The Morgan fingerprint density at radius 2 is 1.91 bits per heavy atom. The number of hydrogen-bond donors (Lipinski definition) is 1. The Morgan fingerprint density at radius 1 is 1.15 bits per heavy atom.